The number of fused-ring (bicyclic) bond motifs is 1. The zero-order valence-electron chi connectivity index (χ0n) is 16.9. The van der Waals surface area contributed by atoms with E-state index >= 15 is 0 Å². The third-order valence-corrected chi connectivity index (χ3v) is 5.07. The molecule has 1 unspecified atom stereocenters. The minimum Gasteiger partial charge on any atom is -0.444 e. The Morgan fingerprint density at radius 3 is 2.59 bits per heavy atom. The van der Waals surface area contributed by atoms with Crippen molar-refractivity contribution in [3.05, 3.63) is 53.5 Å². The minimum absolute atomic E-state index is 0.235. The fourth-order valence-electron chi connectivity index (χ4n) is 3.64. The van der Waals surface area contributed by atoms with Gasteiger partial charge < -0.3 is 20.2 Å². The van der Waals surface area contributed by atoms with Gasteiger partial charge in [0.1, 0.15) is 17.7 Å². The van der Waals surface area contributed by atoms with Crippen LogP contribution in [0.4, 0.5) is 14.9 Å². The minimum atomic E-state index is -0.845. The molecule has 0 aromatic heterocycles. The first-order valence-electron chi connectivity index (χ1n) is 9.54. The second-order valence-corrected chi connectivity index (χ2v) is 8.44. The number of nitrogens with two attached hydrogens (primary N) is 1. The number of rotatable bonds is 2. The first-order chi connectivity index (χ1) is 13.7. The van der Waals surface area contributed by atoms with E-state index in [9.17, 15) is 14.0 Å². The molecule has 1 aromatic carbocycles. The molecule has 2 N–H and O–H groups in total. The van der Waals surface area contributed by atoms with Gasteiger partial charge in [0.25, 0.3) is 0 Å². The van der Waals surface area contributed by atoms with Gasteiger partial charge in [-0.3, -0.25) is 4.99 Å². The Labute approximate surface area is 169 Å². The molecule has 1 aliphatic carbocycles. The van der Waals surface area contributed by atoms with Crippen LogP contribution in [0.1, 0.15) is 33.6 Å². The summed E-state index contributed by atoms with van der Waals surface area (Å²) in [6, 6.07) is 5.89. The number of aliphatic imine (C=N–C) groups is 1. The van der Waals surface area contributed by atoms with E-state index in [0.717, 1.165) is 23.1 Å². The highest BCUT2D eigenvalue weighted by Gasteiger charge is 2.45. The average Bonchev–Trinajstić information content (AvgIpc) is 2.67. The van der Waals surface area contributed by atoms with Gasteiger partial charge in [-0.15, -0.1) is 0 Å². The van der Waals surface area contributed by atoms with Gasteiger partial charge in [-0.05, 0) is 63.2 Å². The molecule has 1 fully saturated rings. The van der Waals surface area contributed by atoms with Crippen LogP contribution >= 0.6 is 0 Å². The van der Waals surface area contributed by atoms with Crippen LogP contribution < -0.4 is 5.73 Å². The largest absolute Gasteiger partial charge is 0.444 e. The van der Waals surface area contributed by atoms with Crippen molar-refractivity contribution in [2.45, 2.75) is 39.2 Å². The molecule has 2 aliphatic rings. The smallest absolute Gasteiger partial charge is 0.410 e. The molecule has 0 spiro atoms. The number of halogens is 1. The monoisotopic (exact) mass is 399 g/mol. The molecule has 0 bridgehead atoms. The van der Waals surface area contributed by atoms with Crippen LogP contribution in [-0.4, -0.2) is 41.7 Å². The van der Waals surface area contributed by atoms with Crippen LogP contribution in [0.2, 0.25) is 0 Å². The molecule has 1 amide bonds. The zero-order chi connectivity index (χ0) is 21.2. The van der Waals surface area contributed by atoms with Crippen molar-refractivity contribution in [3.8, 4) is 0 Å². The summed E-state index contributed by atoms with van der Waals surface area (Å²) in [5, 5.41) is 0. The Bertz CT molecular complexity index is 897. The Morgan fingerprint density at radius 1 is 1.31 bits per heavy atom. The Morgan fingerprint density at radius 2 is 2.00 bits per heavy atom. The molecule has 1 aromatic rings. The number of carbonyl (C=O) groups is 2. The summed E-state index contributed by atoms with van der Waals surface area (Å²) in [4.78, 5) is 30.8. The SMILES string of the molecule is CC(C)(C)OC(=O)N1CC=C2CC(=Nc3ccc(F)cc3)/C(=C\N)CC2(C=O)C1. The number of hydrogen-bond donors (Lipinski definition) is 1. The van der Waals surface area contributed by atoms with Crippen molar-refractivity contribution < 1.29 is 18.7 Å². The van der Waals surface area contributed by atoms with Crippen molar-refractivity contribution in [2.24, 2.45) is 16.1 Å². The highest BCUT2D eigenvalue weighted by Crippen LogP contribution is 2.44. The molecule has 29 heavy (non-hydrogen) atoms. The predicted octanol–water partition coefficient (Wildman–Crippen LogP) is 3.90. The maximum atomic E-state index is 13.2. The number of benzene rings is 1. The lowest BCUT2D eigenvalue weighted by Gasteiger charge is -2.43. The molecular weight excluding hydrogens is 373 g/mol. The first-order valence-corrected chi connectivity index (χ1v) is 9.54. The lowest BCUT2D eigenvalue weighted by Crippen LogP contribution is -2.50. The van der Waals surface area contributed by atoms with E-state index in [-0.39, 0.29) is 12.4 Å². The predicted molar refractivity (Wildman–Crippen MR) is 109 cm³/mol. The van der Waals surface area contributed by atoms with Crippen LogP contribution in [0.5, 0.6) is 0 Å². The standard InChI is InChI=1S/C22H26FN3O3/c1-21(2,3)29-20(28)26-9-8-16-10-19(25-18-6-4-17(23)5-7-18)15(12-24)11-22(16,13-26)14-27/h4-8,12,14H,9-11,13,24H2,1-3H3/b15-12-,25-19?. The van der Waals surface area contributed by atoms with Gasteiger partial charge in [-0.25, -0.2) is 9.18 Å². The van der Waals surface area contributed by atoms with E-state index in [1.807, 2.05) is 6.08 Å². The molecule has 1 aliphatic heterocycles. The highest BCUT2D eigenvalue weighted by molar-refractivity contribution is 6.05. The Kier molecular flexibility index (Phi) is 5.59. The van der Waals surface area contributed by atoms with Crippen LogP contribution in [0, 0.1) is 11.2 Å². The molecule has 6 nitrogen and oxygen atoms in total. The average molecular weight is 399 g/mol. The summed E-state index contributed by atoms with van der Waals surface area (Å²) >= 11 is 0. The van der Waals surface area contributed by atoms with Gasteiger partial charge in [0.05, 0.1) is 11.1 Å². The molecule has 0 saturated heterocycles. The first kappa shape index (κ1) is 20.8. The number of ether oxygens (including phenoxy) is 1. The van der Waals surface area contributed by atoms with Gasteiger partial charge in [0.2, 0.25) is 0 Å². The normalized spacial score (nSPS) is 24.8. The summed E-state index contributed by atoms with van der Waals surface area (Å²) in [6.45, 7) is 6.02. The molecule has 154 valence electrons. The van der Waals surface area contributed by atoms with Gasteiger partial charge in [0, 0.05) is 25.2 Å². The summed E-state index contributed by atoms with van der Waals surface area (Å²) in [7, 11) is 0. The van der Waals surface area contributed by atoms with Crippen LogP contribution in [-0.2, 0) is 9.53 Å². The van der Waals surface area contributed by atoms with Crippen molar-refractivity contribution in [2.75, 3.05) is 13.1 Å². The maximum Gasteiger partial charge on any atom is 0.410 e. The second-order valence-electron chi connectivity index (χ2n) is 8.44. The summed E-state index contributed by atoms with van der Waals surface area (Å²) in [5.74, 6) is -0.329. The fourth-order valence-corrected chi connectivity index (χ4v) is 3.64. The number of allylic oxidation sites excluding steroid dienone is 1. The number of hydrogen-bond acceptors (Lipinski definition) is 5. The van der Waals surface area contributed by atoms with Crippen LogP contribution in [0.15, 0.2) is 52.7 Å². The van der Waals surface area contributed by atoms with E-state index in [1.54, 1.807) is 37.8 Å². The molecule has 1 saturated carbocycles. The summed E-state index contributed by atoms with van der Waals surface area (Å²) in [6.07, 6.45) is 4.59. The van der Waals surface area contributed by atoms with Crippen molar-refractivity contribution in [1.29, 1.82) is 0 Å². The number of aldehydes is 1. The lowest BCUT2D eigenvalue weighted by molar-refractivity contribution is -0.115. The Hall–Kier alpha value is -2.96. The third-order valence-electron chi connectivity index (χ3n) is 5.07. The van der Waals surface area contributed by atoms with E-state index in [4.69, 9.17) is 10.5 Å². The fraction of sp³-hybridized carbons (Fsp3) is 0.409. The summed E-state index contributed by atoms with van der Waals surface area (Å²) in [5.41, 5.74) is 7.40. The van der Waals surface area contributed by atoms with Gasteiger partial charge in [0.15, 0.2) is 0 Å². The second kappa shape index (κ2) is 7.81. The third kappa shape index (κ3) is 4.55. The van der Waals surface area contributed by atoms with E-state index in [1.165, 1.54) is 18.3 Å². The molecule has 7 heteroatoms. The topological polar surface area (TPSA) is 85.0 Å². The van der Waals surface area contributed by atoms with Crippen LogP contribution in [0.3, 0.4) is 0 Å². The summed E-state index contributed by atoms with van der Waals surface area (Å²) < 4.78 is 18.6. The van der Waals surface area contributed by atoms with Gasteiger partial charge >= 0.3 is 6.09 Å². The van der Waals surface area contributed by atoms with Crippen molar-refractivity contribution in [1.82, 2.24) is 4.90 Å². The van der Waals surface area contributed by atoms with Gasteiger partial charge in [-0.1, -0.05) is 11.6 Å². The molecular formula is C22H26FN3O3. The van der Waals surface area contributed by atoms with E-state index in [0.29, 0.717) is 25.1 Å². The van der Waals surface area contributed by atoms with Gasteiger partial charge in [-0.2, -0.15) is 0 Å². The quantitative estimate of drug-likeness (QED) is 0.604. The molecule has 3 rings (SSSR count). The molecule has 0 radical (unpaired) electrons. The zero-order valence-corrected chi connectivity index (χ0v) is 16.9. The highest BCUT2D eigenvalue weighted by atomic mass is 19.1. The number of amides is 1. The van der Waals surface area contributed by atoms with Crippen molar-refractivity contribution >= 4 is 23.8 Å². The lowest BCUT2D eigenvalue weighted by atomic mass is 9.67. The maximum absolute atomic E-state index is 13.2. The van der Waals surface area contributed by atoms with Crippen LogP contribution in [0.25, 0.3) is 0 Å². The van der Waals surface area contributed by atoms with E-state index in [2.05, 4.69) is 4.99 Å². The number of nitrogens with zero attached hydrogens (tertiary/aromatic N) is 2. The van der Waals surface area contributed by atoms with E-state index < -0.39 is 17.1 Å². The molecule has 1 atom stereocenters. The Balaban J connectivity index is 1.89. The number of carbonyl (C=O) groups excluding carboxylic acids is 2. The molecule has 1 heterocycles. The van der Waals surface area contributed by atoms with Crippen molar-refractivity contribution in [3.63, 3.8) is 0 Å².